The largest absolute Gasteiger partial charge is 0.357 e. The molecule has 0 aliphatic heterocycles. The molecule has 0 radical (unpaired) electrons. The van der Waals surface area contributed by atoms with Crippen LogP contribution in [0.3, 0.4) is 0 Å². The highest BCUT2D eigenvalue weighted by Crippen LogP contribution is 2.18. The van der Waals surface area contributed by atoms with Crippen molar-refractivity contribution in [2.24, 2.45) is 4.99 Å². The zero-order valence-corrected chi connectivity index (χ0v) is 11.2. The van der Waals surface area contributed by atoms with Crippen LogP contribution in [0.5, 0.6) is 0 Å². The van der Waals surface area contributed by atoms with Gasteiger partial charge in [0.15, 0.2) is 5.96 Å². The first-order valence-corrected chi connectivity index (χ1v) is 6.68. The molecule has 18 heavy (non-hydrogen) atoms. The Bertz CT molecular complexity index is 297. The second-order valence-corrected chi connectivity index (χ2v) is 4.38. The summed E-state index contributed by atoms with van der Waals surface area (Å²) >= 11 is 0. The minimum absolute atomic E-state index is 0.150. The molecular weight excluding hydrogens is 228 g/mol. The van der Waals surface area contributed by atoms with Crippen LogP contribution in [0.25, 0.3) is 0 Å². The van der Waals surface area contributed by atoms with Gasteiger partial charge in [-0.15, -0.1) is 6.58 Å². The average Bonchev–Trinajstić information content (AvgIpc) is 3.15. The Labute approximate surface area is 109 Å². The van der Waals surface area contributed by atoms with Crippen LogP contribution in [0.2, 0.25) is 0 Å². The highest BCUT2D eigenvalue weighted by molar-refractivity contribution is 5.80. The maximum absolute atomic E-state index is 11.4. The third-order valence-electron chi connectivity index (χ3n) is 2.53. The number of carbonyl (C=O) groups excluding carboxylic acids is 1. The fraction of sp³-hybridized carbons (Fsp3) is 0.692. The van der Waals surface area contributed by atoms with Crippen LogP contribution in [0.1, 0.15) is 32.6 Å². The van der Waals surface area contributed by atoms with Crippen LogP contribution in [0, 0.1) is 0 Å². The summed E-state index contributed by atoms with van der Waals surface area (Å²) in [5, 5.41) is 9.23. The molecule has 1 aliphatic carbocycles. The number of carbonyl (C=O) groups is 1. The molecule has 5 nitrogen and oxygen atoms in total. The third kappa shape index (κ3) is 6.93. The van der Waals surface area contributed by atoms with Crippen molar-refractivity contribution in [1.29, 1.82) is 0 Å². The fourth-order valence-corrected chi connectivity index (χ4v) is 1.47. The van der Waals surface area contributed by atoms with Crippen molar-refractivity contribution in [3.63, 3.8) is 0 Å². The van der Waals surface area contributed by atoms with Crippen LogP contribution >= 0.6 is 0 Å². The zero-order valence-electron chi connectivity index (χ0n) is 11.2. The van der Waals surface area contributed by atoms with E-state index < -0.39 is 0 Å². The first-order valence-electron chi connectivity index (χ1n) is 6.68. The molecular formula is C13H24N4O. The topological polar surface area (TPSA) is 65.5 Å². The maximum Gasteiger partial charge on any atom is 0.220 e. The van der Waals surface area contributed by atoms with Gasteiger partial charge in [0.25, 0.3) is 0 Å². The van der Waals surface area contributed by atoms with Gasteiger partial charge >= 0.3 is 0 Å². The average molecular weight is 252 g/mol. The van der Waals surface area contributed by atoms with Crippen molar-refractivity contribution >= 4 is 11.9 Å². The van der Waals surface area contributed by atoms with E-state index in [0.29, 0.717) is 25.6 Å². The Balaban J connectivity index is 2.13. The molecule has 0 aromatic heterocycles. The second kappa shape index (κ2) is 8.55. The number of hydrogen-bond acceptors (Lipinski definition) is 2. The van der Waals surface area contributed by atoms with Gasteiger partial charge in [0.2, 0.25) is 5.91 Å². The SMILES string of the molecule is C=CCNC(=NCCCC(=O)NC1CC1)NCC. The molecule has 0 bridgehead atoms. The lowest BCUT2D eigenvalue weighted by Crippen LogP contribution is -2.37. The summed E-state index contributed by atoms with van der Waals surface area (Å²) in [5.74, 6) is 0.928. The first-order chi connectivity index (χ1) is 8.76. The van der Waals surface area contributed by atoms with Gasteiger partial charge in [0, 0.05) is 32.1 Å². The third-order valence-corrected chi connectivity index (χ3v) is 2.53. The lowest BCUT2D eigenvalue weighted by Gasteiger charge is -2.09. The van der Waals surface area contributed by atoms with Gasteiger partial charge in [-0.2, -0.15) is 0 Å². The predicted molar refractivity (Wildman–Crippen MR) is 74.6 cm³/mol. The molecule has 1 amide bonds. The summed E-state index contributed by atoms with van der Waals surface area (Å²) in [7, 11) is 0. The lowest BCUT2D eigenvalue weighted by atomic mass is 10.3. The van der Waals surface area contributed by atoms with E-state index in [1.807, 2.05) is 6.92 Å². The van der Waals surface area contributed by atoms with Crippen molar-refractivity contribution in [3.8, 4) is 0 Å². The van der Waals surface area contributed by atoms with Gasteiger partial charge in [-0.3, -0.25) is 9.79 Å². The van der Waals surface area contributed by atoms with E-state index >= 15 is 0 Å². The monoisotopic (exact) mass is 252 g/mol. The molecule has 1 fully saturated rings. The number of rotatable bonds is 8. The van der Waals surface area contributed by atoms with E-state index in [4.69, 9.17) is 0 Å². The minimum atomic E-state index is 0.150. The first kappa shape index (κ1) is 14.5. The number of amides is 1. The molecule has 0 aromatic carbocycles. The molecule has 0 heterocycles. The second-order valence-electron chi connectivity index (χ2n) is 4.38. The smallest absolute Gasteiger partial charge is 0.220 e. The van der Waals surface area contributed by atoms with E-state index in [1.165, 1.54) is 0 Å². The van der Waals surface area contributed by atoms with E-state index in [0.717, 1.165) is 31.8 Å². The summed E-state index contributed by atoms with van der Waals surface area (Å²) in [6.07, 6.45) is 5.40. The maximum atomic E-state index is 11.4. The highest BCUT2D eigenvalue weighted by atomic mass is 16.1. The molecule has 1 saturated carbocycles. The van der Waals surface area contributed by atoms with Crippen LogP contribution < -0.4 is 16.0 Å². The summed E-state index contributed by atoms with van der Waals surface area (Å²) in [6.45, 7) is 7.84. The van der Waals surface area contributed by atoms with Crippen molar-refractivity contribution in [3.05, 3.63) is 12.7 Å². The van der Waals surface area contributed by atoms with Crippen molar-refractivity contribution in [2.45, 2.75) is 38.6 Å². The summed E-state index contributed by atoms with van der Waals surface area (Å²) < 4.78 is 0. The number of hydrogen-bond donors (Lipinski definition) is 3. The van der Waals surface area contributed by atoms with Crippen molar-refractivity contribution in [2.75, 3.05) is 19.6 Å². The van der Waals surface area contributed by atoms with Crippen LogP contribution in [0.4, 0.5) is 0 Å². The predicted octanol–water partition coefficient (Wildman–Crippen LogP) is 0.786. The van der Waals surface area contributed by atoms with Gasteiger partial charge in [0.1, 0.15) is 0 Å². The number of aliphatic imine (C=N–C) groups is 1. The standard InChI is InChI=1S/C13H24N4O/c1-3-9-15-13(14-4-2)16-10-5-6-12(18)17-11-7-8-11/h3,11H,1,4-10H2,2H3,(H,17,18)(H2,14,15,16). The summed E-state index contributed by atoms with van der Waals surface area (Å²) in [5.41, 5.74) is 0. The van der Waals surface area contributed by atoms with Crippen LogP contribution in [-0.2, 0) is 4.79 Å². The van der Waals surface area contributed by atoms with E-state index in [-0.39, 0.29) is 5.91 Å². The van der Waals surface area contributed by atoms with Crippen molar-refractivity contribution < 1.29 is 4.79 Å². The molecule has 0 unspecified atom stereocenters. The Hall–Kier alpha value is -1.52. The molecule has 1 rings (SSSR count). The van der Waals surface area contributed by atoms with Gasteiger partial charge in [-0.1, -0.05) is 6.08 Å². The molecule has 3 N–H and O–H groups in total. The Morgan fingerprint density at radius 1 is 1.44 bits per heavy atom. The van der Waals surface area contributed by atoms with Crippen LogP contribution in [-0.4, -0.2) is 37.5 Å². The lowest BCUT2D eigenvalue weighted by molar-refractivity contribution is -0.121. The van der Waals surface area contributed by atoms with Crippen LogP contribution in [0.15, 0.2) is 17.6 Å². The summed E-state index contributed by atoms with van der Waals surface area (Å²) in [4.78, 5) is 15.8. The molecule has 0 aromatic rings. The van der Waals surface area contributed by atoms with E-state index in [9.17, 15) is 4.79 Å². The van der Waals surface area contributed by atoms with Gasteiger partial charge < -0.3 is 16.0 Å². The van der Waals surface area contributed by atoms with Gasteiger partial charge in [-0.05, 0) is 26.2 Å². The number of nitrogens with one attached hydrogen (secondary N) is 3. The quantitative estimate of drug-likeness (QED) is 0.259. The molecule has 1 aliphatic rings. The normalized spacial score (nSPS) is 15.1. The van der Waals surface area contributed by atoms with Gasteiger partial charge in [-0.25, -0.2) is 0 Å². The van der Waals surface area contributed by atoms with Crippen molar-refractivity contribution in [1.82, 2.24) is 16.0 Å². The number of guanidine groups is 1. The fourth-order valence-electron chi connectivity index (χ4n) is 1.47. The minimum Gasteiger partial charge on any atom is -0.357 e. The Kier molecular flexibility index (Phi) is 6.91. The zero-order chi connectivity index (χ0) is 13.2. The van der Waals surface area contributed by atoms with E-state index in [2.05, 4.69) is 27.5 Å². The highest BCUT2D eigenvalue weighted by Gasteiger charge is 2.22. The molecule has 0 atom stereocenters. The van der Waals surface area contributed by atoms with E-state index in [1.54, 1.807) is 6.08 Å². The Morgan fingerprint density at radius 3 is 2.83 bits per heavy atom. The molecule has 0 spiro atoms. The number of nitrogens with zero attached hydrogens (tertiary/aromatic N) is 1. The molecule has 5 heteroatoms. The Morgan fingerprint density at radius 2 is 2.22 bits per heavy atom. The summed E-state index contributed by atoms with van der Waals surface area (Å²) in [6, 6.07) is 0.451. The van der Waals surface area contributed by atoms with Gasteiger partial charge in [0.05, 0.1) is 0 Å². The molecule has 0 saturated heterocycles. The molecule has 102 valence electrons.